The molecular formula is C22H23N5O2S. The maximum atomic E-state index is 12.2. The Bertz CT molecular complexity index is 1050. The molecule has 154 valence electrons. The second kappa shape index (κ2) is 9.49. The number of rotatable bonds is 5. The third-order valence-corrected chi connectivity index (χ3v) is 5.38. The van der Waals surface area contributed by atoms with Crippen molar-refractivity contribution in [1.29, 1.82) is 0 Å². The van der Waals surface area contributed by atoms with Crippen LogP contribution in [0.5, 0.6) is 0 Å². The summed E-state index contributed by atoms with van der Waals surface area (Å²) in [6.07, 6.45) is 0. The van der Waals surface area contributed by atoms with E-state index in [4.69, 9.17) is 4.98 Å². The first kappa shape index (κ1) is 21.4. The van der Waals surface area contributed by atoms with E-state index >= 15 is 0 Å². The van der Waals surface area contributed by atoms with Gasteiger partial charge in [-0.15, -0.1) is 10.2 Å². The zero-order chi connectivity index (χ0) is 21.7. The highest BCUT2D eigenvalue weighted by atomic mass is 32.2. The van der Waals surface area contributed by atoms with Crippen molar-refractivity contribution in [2.45, 2.75) is 31.2 Å². The molecule has 2 aromatic carbocycles. The van der Waals surface area contributed by atoms with Crippen molar-refractivity contribution < 1.29 is 9.59 Å². The predicted molar refractivity (Wildman–Crippen MR) is 118 cm³/mol. The minimum atomic E-state index is -0.569. The quantitative estimate of drug-likeness (QED) is 0.609. The number of urea groups is 1. The number of benzene rings is 2. The molecule has 0 aliphatic carbocycles. The van der Waals surface area contributed by atoms with Crippen molar-refractivity contribution in [3.63, 3.8) is 0 Å². The summed E-state index contributed by atoms with van der Waals surface area (Å²) in [5.41, 5.74) is 5.49. The Hall–Kier alpha value is -3.26. The first-order valence-electron chi connectivity index (χ1n) is 9.45. The number of amides is 3. The summed E-state index contributed by atoms with van der Waals surface area (Å²) in [6.45, 7) is 5.74. The molecule has 1 aromatic heterocycles. The van der Waals surface area contributed by atoms with E-state index < -0.39 is 17.2 Å². The Kier molecular flexibility index (Phi) is 6.79. The number of aryl methyl sites for hydroxylation is 2. The van der Waals surface area contributed by atoms with E-state index in [-0.39, 0.29) is 0 Å². The van der Waals surface area contributed by atoms with E-state index in [2.05, 4.69) is 20.8 Å². The Morgan fingerprint density at radius 1 is 0.867 bits per heavy atom. The molecule has 30 heavy (non-hydrogen) atoms. The van der Waals surface area contributed by atoms with Gasteiger partial charge in [0.15, 0.2) is 0 Å². The highest BCUT2D eigenvalue weighted by Crippen LogP contribution is 2.31. The summed E-state index contributed by atoms with van der Waals surface area (Å²) in [5, 5.41) is 13.1. The molecular weight excluding hydrogens is 398 g/mol. The number of carbonyl (C=O) groups excluding carboxylic acids is 2. The molecule has 0 bridgehead atoms. The number of hydrogen-bond donors (Lipinski definition) is 2. The van der Waals surface area contributed by atoms with Gasteiger partial charge in [-0.1, -0.05) is 71.4 Å². The topological polar surface area (TPSA) is 96.9 Å². The highest BCUT2D eigenvalue weighted by Gasteiger charge is 2.20. The van der Waals surface area contributed by atoms with E-state index in [1.165, 1.54) is 7.05 Å². The third kappa shape index (κ3) is 5.21. The molecule has 2 N–H and O–H groups in total. The van der Waals surface area contributed by atoms with Crippen LogP contribution in [-0.4, -0.2) is 39.4 Å². The van der Waals surface area contributed by atoms with E-state index in [0.717, 1.165) is 34.0 Å². The monoisotopic (exact) mass is 421 g/mol. The lowest BCUT2D eigenvalue weighted by molar-refractivity contribution is -0.119. The largest absolute Gasteiger partial charge is 0.341 e. The van der Waals surface area contributed by atoms with Crippen molar-refractivity contribution >= 4 is 23.7 Å². The second-order valence-electron chi connectivity index (χ2n) is 6.85. The van der Waals surface area contributed by atoms with Gasteiger partial charge in [0.1, 0.15) is 11.4 Å². The molecule has 1 atom stereocenters. The van der Waals surface area contributed by atoms with Crippen LogP contribution in [0.1, 0.15) is 18.1 Å². The number of hydrogen-bond acceptors (Lipinski definition) is 6. The third-order valence-electron chi connectivity index (χ3n) is 4.43. The highest BCUT2D eigenvalue weighted by molar-refractivity contribution is 8.00. The smallest absolute Gasteiger partial charge is 0.321 e. The van der Waals surface area contributed by atoms with Gasteiger partial charge in [0.25, 0.3) is 0 Å². The maximum absolute atomic E-state index is 12.2. The zero-order valence-electron chi connectivity index (χ0n) is 17.3. The van der Waals surface area contributed by atoms with Crippen molar-refractivity contribution in [1.82, 2.24) is 25.8 Å². The van der Waals surface area contributed by atoms with Crippen LogP contribution in [0.3, 0.4) is 0 Å². The molecule has 0 fully saturated rings. The van der Waals surface area contributed by atoms with Crippen LogP contribution in [0, 0.1) is 13.8 Å². The predicted octanol–water partition coefficient (Wildman–Crippen LogP) is 3.76. The van der Waals surface area contributed by atoms with Crippen LogP contribution >= 0.6 is 11.8 Å². The molecule has 7 nitrogen and oxygen atoms in total. The summed E-state index contributed by atoms with van der Waals surface area (Å²) in [7, 11) is 1.45. The molecule has 3 aromatic rings. The van der Waals surface area contributed by atoms with Crippen LogP contribution in [0.2, 0.25) is 0 Å². The molecule has 0 saturated carbocycles. The lowest BCUT2D eigenvalue weighted by atomic mass is 10.0. The molecule has 0 aliphatic heterocycles. The van der Waals surface area contributed by atoms with Gasteiger partial charge >= 0.3 is 6.03 Å². The van der Waals surface area contributed by atoms with Gasteiger partial charge in [-0.25, -0.2) is 9.78 Å². The van der Waals surface area contributed by atoms with Gasteiger partial charge in [-0.05, 0) is 20.8 Å². The summed E-state index contributed by atoms with van der Waals surface area (Å²) >= 11 is 1.15. The number of carbonyl (C=O) groups is 2. The minimum absolute atomic E-state index is 0.362. The summed E-state index contributed by atoms with van der Waals surface area (Å²) < 4.78 is 0. The standard InChI is InChI=1S/C22H23N5O2S/c1-13-5-9-16(10-6-13)18-19(17-11-7-14(2)8-12-17)26-27-22(24-18)30-15(3)20(28)25-21(29)23-4/h5-12,15H,1-4H3,(H2,23,25,28,29)/t15-/m0/s1. The van der Waals surface area contributed by atoms with Gasteiger partial charge in [0, 0.05) is 18.2 Å². The van der Waals surface area contributed by atoms with Crippen LogP contribution < -0.4 is 10.6 Å². The van der Waals surface area contributed by atoms with Gasteiger partial charge in [0.2, 0.25) is 11.1 Å². The maximum Gasteiger partial charge on any atom is 0.321 e. The van der Waals surface area contributed by atoms with Gasteiger partial charge in [-0.3, -0.25) is 10.1 Å². The molecule has 0 spiro atoms. The number of imide groups is 1. The van der Waals surface area contributed by atoms with Gasteiger partial charge in [-0.2, -0.15) is 0 Å². The van der Waals surface area contributed by atoms with Crippen LogP contribution in [0.15, 0.2) is 53.7 Å². The first-order valence-corrected chi connectivity index (χ1v) is 10.3. The van der Waals surface area contributed by atoms with Crippen molar-refractivity contribution in [3.05, 3.63) is 59.7 Å². The molecule has 0 aliphatic rings. The van der Waals surface area contributed by atoms with E-state index in [1.807, 2.05) is 62.4 Å². The van der Waals surface area contributed by atoms with Crippen molar-refractivity contribution in [2.24, 2.45) is 0 Å². The zero-order valence-corrected chi connectivity index (χ0v) is 18.1. The fourth-order valence-electron chi connectivity index (χ4n) is 2.67. The average Bonchev–Trinajstić information content (AvgIpc) is 2.74. The van der Waals surface area contributed by atoms with Gasteiger partial charge in [0.05, 0.1) is 5.25 Å². The number of thioether (sulfide) groups is 1. The Morgan fingerprint density at radius 3 is 1.93 bits per heavy atom. The van der Waals surface area contributed by atoms with Gasteiger partial charge < -0.3 is 5.32 Å². The SMILES string of the molecule is CNC(=O)NC(=O)[C@H](C)Sc1nnc(-c2ccc(C)cc2)c(-c2ccc(C)cc2)n1. The molecule has 1 heterocycles. The lowest BCUT2D eigenvalue weighted by Crippen LogP contribution is -2.41. The lowest BCUT2D eigenvalue weighted by Gasteiger charge is -2.12. The molecule has 0 radical (unpaired) electrons. The fourth-order valence-corrected chi connectivity index (χ4v) is 3.38. The Labute approximate surface area is 179 Å². The van der Waals surface area contributed by atoms with E-state index in [1.54, 1.807) is 6.92 Å². The summed E-state index contributed by atoms with van der Waals surface area (Å²) in [5.74, 6) is -0.428. The van der Waals surface area contributed by atoms with Crippen molar-refractivity contribution in [3.8, 4) is 22.5 Å². The van der Waals surface area contributed by atoms with E-state index in [9.17, 15) is 9.59 Å². The number of aromatic nitrogens is 3. The van der Waals surface area contributed by atoms with Crippen LogP contribution in [0.4, 0.5) is 4.79 Å². The van der Waals surface area contributed by atoms with Crippen LogP contribution in [0.25, 0.3) is 22.5 Å². The molecule has 8 heteroatoms. The number of nitrogens with one attached hydrogen (secondary N) is 2. The molecule has 3 rings (SSSR count). The average molecular weight is 422 g/mol. The second-order valence-corrected chi connectivity index (χ2v) is 8.16. The number of nitrogens with zero attached hydrogens (tertiary/aromatic N) is 3. The Balaban J connectivity index is 1.96. The minimum Gasteiger partial charge on any atom is -0.341 e. The normalized spacial score (nSPS) is 11.6. The fraction of sp³-hybridized carbons (Fsp3) is 0.227. The van der Waals surface area contributed by atoms with Crippen LogP contribution in [-0.2, 0) is 4.79 Å². The Morgan fingerprint density at radius 2 is 1.40 bits per heavy atom. The van der Waals surface area contributed by atoms with E-state index in [0.29, 0.717) is 16.5 Å². The first-order chi connectivity index (χ1) is 14.4. The molecule has 3 amide bonds. The van der Waals surface area contributed by atoms with Crippen molar-refractivity contribution in [2.75, 3.05) is 7.05 Å². The molecule has 0 unspecified atom stereocenters. The summed E-state index contributed by atoms with van der Waals surface area (Å²) in [6, 6.07) is 15.5. The summed E-state index contributed by atoms with van der Waals surface area (Å²) in [4.78, 5) is 28.2. The molecule has 0 saturated heterocycles.